The molecule has 0 aliphatic carbocycles. The molecular formula is C20H23N5O2S. The minimum Gasteiger partial charge on any atom is -0.369 e. The first-order valence-corrected chi connectivity index (χ1v) is 10.3. The second-order valence-electron chi connectivity index (χ2n) is 7.00. The van der Waals surface area contributed by atoms with Crippen molar-refractivity contribution in [3.8, 4) is 0 Å². The third kappa shape index (κ3) is 3.83. The molecular weight excluding hydrogens is 374 g/mol. The summed E-state index contributed by atoms with van der Waals surface area (Å²) in [4.78, 5) is 33.7. The number of benzene rings is 1. The van der Waals surface area contributed by atoms with Crippen LogP contribution in [-0.4, -0.2) is 51.5 Å². The minimum atomic E-state index is -0.111. The van der Waals surface area contributed by atoms with Crippen LogP contribution in [0, 0.1) is 0 Å². The van der Waals surface area contributed by atoms with Crippen LogP contribution in [0.5, 0.6) is 0 Å². The molecule has 1 fully saturated rings. The van der Waals surface area contributed by atoms with Gasteiger partial charge >= 0.3 is 0 Å². The predicted molar refractivity (Wildman–Crippen MR) is 110 cm³/mol. The summed E-state index contributed by atoms with van der Waals surface area (Å²) in [6.45, 7) is 7.89. The van der Waals surface area contributed by atoms with E-state index in [1.54, 1.807) is 13.0 Å². The van der Waals surface area contributed by atoms with Crippen molar-refractivity contribution >= 4 is 27.8 Å². The molecule has 0 spiro atoms. The SMILES string of the molecule is CCc1nn2c(=O)cc(CN3CCN(c4ccc(C(C)=O)cc4)CC3)nc2s1. The Balaban J connectivity index is 1.41. The van der Waals surface area contributed by atoms with Crippen molar-refractivity contribution in [2.75, 3.05) is 31.1 Å². The number of anilines is 1. The largest absolute Gasteiger partial charge is 0.369 e. The fraction of sp³-hybridized carbons (Fsp3) is 0.400. The first-order valence-electron chi connectivity index (χ1n) is 9.50. The zero-order chi connectivity index (χ0) is 19.7. The maximum Gasteiger partial charge on any atom is 0.275 e. The van der Waals surface area contributed by atoms with Crippen LogP contribution in [0.2, 0.25) is 0 Å². The maximum absolute atomic E-state index is 12.3. The number of carbonyl (C=O) groups excluding carboxylic acids is 1. The number of hydrogen-bond acceptors (Lipinski definition) is 7. The number of fused-ring (bicyclic) bond motifs is 1. The number of ketones is 1. The van der Waals surface area contributed by atoms with Crippen molar-refractivity contribution in [1.82, 2.24) is 19.5 Å². The number of carbonyl (C=O) groups is 1. The number of piperazine rings is 1. The summed E-state index contributed by atoms with van der Waals surface area (Å²) in [7, 11) is 0. The third-order valence-electron chi connectivity index (χ3n) is 5.04. The fourth-order valence-corrected chi connectivity index (χ4v) is 4.28. The van der Waals surface area contributed by atoms with Gasteiger partial charge in [0.05, 0.1) is 5.69 Å². The Morgan fingerprint density at radius 1 is 1.14 bits per heavy atom. The molecule has 0 bridgehead atoms. The van der Waals surface area contributed by atoms with Gasteiger partial charge in [0.1, 0.15) is 5.01 Å². The number of hydrogen-bond donors (Lipinski definition) is 0. The third-order valence-corrected chi connectivity index (χ3v) is 6.09. The summed E-state index contributed by atoms with van der Waals surface area (Å²) >= 11 is 1.48. The standard InChI is InChI=1S/C20H23N5O2S/c1-3-18-22-25-19(27)12-16(21-20(25)28-18)13-23-8-10-24(11-9-23)17-6-4-15(5-7-17)14(2)26/h4-7,12H,3,8-11,13H2,1-2H3. The summed E-state index contributed by atoms with van der Waals surface area (Å²) in [5.74, 6) is 0.0868. The Hall–Kier alpha value is -2.58. The van der Waals surface area contributed by atoms with E-state index in [9.17, 15) is 9.59 Å². The summed E-state index contributed by atoms with van der Waals surface area (Å²) < 4.78 is 1.40. The Kier molecular flexibility index (Phi) is 5.23. The molecule has 1 saturated heterocycles. The lowest BCUT2D eigenvalue weighted by Crippen LogP contribution is -2.46. The van der Waals surface area contributed by atoms with Crippen LogP contribution in [0.25, 0.3) is 4.96 Å². The van der Waals surface area contributed by atoms with Gasteiger partial charge < -0.3 is 4.90 Å². The van der Waals surface area contributed by atoms with E-state index in [1.807, 2.05) is 31.2 Å². The normalized spacial score (nSPS) is 15.3. The first-order chi connectivity index (χ1) is 13.5. The van der Waals surface area contributed by atoms with Gasteiger partial charge in [-0.3, -0.25) is 14.5 Å². The molecule has 146 valence electrons. The quantitative estimate of drug-likeness (QED) is 0.615. The zero-order valence-electron chi connectivity index (χ0n) is 16.1. The van der Waals surface area contributed by atoms with E-state index >= 15 is 0 Å². The van der Waals surface area contributed by atoms with Crippen molar-refractivity contribution in [3.05, 3.63) is 57.0 Å². The molecule has 7 nitrogen and oxygen atoms in total. The van der Waals surface area contributed by atoms with E-state index in [0.717, 1.165) is 54.6 Å². The van der Waals surface area contributed by atoms with E-state index in [1.165, 1.54) is 15.9 Å². The average molecular weight is 398 g/mol. The van der Waals surface area contributed by atoms with Crippen molar-refractivity contribution in [1.29, 1.82) is 0 Å². The average Bonchev–Trinajstić information content (AvgIpc) is 3.12. The van der Waals surface area contributed by atoms with Gasteiger partial charge in [0.15, 0.2) is 5.78 Å². The topological polar surface area (TPSA) is 70.8 Å². The second-order valence-corrected chi connectivity index (χ2v) is 8.04. The molecule has 0 amide bonds. The van der Waals surface area contributed by atoms with Gasteiger partial charge in [-0.25, -0.2) is 4.98 Å². The van der Waals surface area contributed by atoms with Gasteiger partial charge in [0, 0.05) is 50.0 Å². The van der Waals surface area contributed by atoms with Gasteiger partial charge in [-0.05, 0) is 37.6 Å². The van der Waals surface area contributed by atoms with Crippen molar-refractivity contribution in [2.45, 2.75) is 26.8 Å². The monoisotopic (exact) mass is 397 g/mol. The lowest BCUT2D eigenvalue weighted by Gasteiger charge is -2.36. The van der Waals surface area contributed by atoms with Crippen LogP contribution in [0.3, 0.4) is 0 Å². The summed E-state index contributed by atoms with van der Waals surface area (Å²) in [5, 5.41) is 5.22. The fourth-order valence-electron chi connectivity index (χ4n) is 3.42. The molecule has 1 aromatic carbocycles. The highest BCUT2D eigenvalue weighted by atomic mass is 32.1. The number of aryl methyl sites for hydroxylation is 1. The molecule has 3 aromatic rings. The van der Waals surface area contributed by atoms with Crippen molar-refractivity contribution in [2.24, 2.45) is 0 Å². The number of rotatable bonds is 5. The highest BCUT2D eigenvalue weighted by Crippen LogP contribution is 2.19. The van der Waals surface area contributed by atoms with Crippen LogP contribution in [0.4, 0.5) is 5.69 Å². The zero-order valence-corrected chi connectivity index (χ0v) is 16.9. The van der Waals surface area contributed by atoms with Gasteiger partial charge in [-0.15, -0.1) is 0 Å². The molecule has 4 rings (SSSR count). The van der Waals surface area contributed by atoms with E-state index < -0.39 is 0 Å². The molecule has 8 heteroatoms. The number of Topliss-reactive ketones (excluding diaryl/α,β-unsaturated/α-hetero) is 1. The Labute approximate surface area is 167 Å². The lowest BCUT2D eigenvalue weighted by molar-refractivity contribution is 0.101. The summed E-state index contributed by atoms with van der Waals surface area (Å²) in [6, 6.07) is 9.39. The van der Waals surface area contributed by atoms with E-state index in [4.69, 9.17) is 0 Å². The highest BCUT2D eigenvalue weighted by Gasteiger charge is 2.19. The number of nitrogens with zero attached hydrogens (tertiary/aromatic N) is 5. The van der Waals surface area contributed by atoms with Crippen LogP contribution in [0.1, 0.15) is 34.9 Å². The number of aromatic nitrogens is 3. The molecule has 1 aliphatic rings. The van der Waals surface area contributed by atoms with Crippen LogP contribution in [-0.2, 0) is 13.0 Å². The first kappa shape index (κ1) is 18.8. The van der Waals surface area contributed by atoms with E-state index in [2.05, 4.69) is 19.9 Å². The second kappa shape index (κ2) is 7.81. The highest BCUT2D eigenvalue weighted by molar-refractivity contribution is 7.16. The minimum absolute atomic E-state index is 0.0868. The summed E-state index contributed by atoms with van der Waals surface area (Å²) in [6.07, 6.45) is 0.804. The molecule has 0 atom stereocenters. The van der Waals surface area contributed by atoms with Crippen LogP contribution >= 0.6 is 11.3 Å². The Morgan fingerprint density at radius 3 is 2.50 bits per heavy atom. The van der Waals surface area contributed by atoms with Crippen LogP contribution in [0.15, 0.2) is 35.1 Å². The molecule has 2 aromatic heterocycles. The van der Waals surface area contributed by atoms with E-state index in [0.29, 0.717) is 11.5 Å². The van der Waals surface area contributed by atoms with Crippen LogP contribution < -0.4 is 10.5 Å². The van der Waals surface area contributed by atoms with Crippen molar-refractivity contribution < 1.29 is 4.79 Å². The van der Waals surface area contributed by atoms with Crippen molar-refractivity contribution in [3.63, 3.8) is 0 Å². The predicted octanol–water partition coefficient (Wildman–Crippen LogP) is 2.24. The molecule has 1 aliphatic heterocycles. The van der Waals surface area contributed by atoms with Gasteiger partial charge in [0.25, 0.3) is 5.56 Å². The van der Waals surface area contributed by atoms with Gasteiger partial charge in [-0.1, -0.05) is 18.3 Å². The molecule has 0 N–H and O–H groups in total. The molecule has 0 unspecified atom stereocenters. The maximum atomic E-state index is 12.3. The molecule has 28 heavy (non-hydrogen) atoms. The Morgan fingerprint density at radius 2 is 1.86 bits per heavy atom. The molecule has 0 radical (unpaired) electrons. The lowest BCUT2D eigenvalue weighted by atomic mass is 10.1. The Bertz CT molecular complexity index is 1050. The van der Waals surface area contributed by atoms with E-state index in [-0.39, 0.29) is 11.3 Å². The van der Waals surface area contributed by atoms with Gasteiger partial charge in [0.2, 0.25) is 4.96 Å². The molecule has 0 saturated carbocycles. The summed E-state index contributed by atoms with van der Waals surface area (Å²) in [5.41, 5.74) is 2.57. The van der Waals surface area contributed by atoms with Gasteiger partial charge in [-0.2, -0.15) is 9.61 Å². The molecule has 3 heterocycles. The smallest absolute Gasteiger partial charge is 0.275 e.